The highest BCUT2D eigenvalue weighted by molar-refractivity contribution is 7.99. The van der Waals surface area contributed by atoms with Crippen LogP contribution >= 0.6 is 23.4 Å². The number of imidazole rings is 1. The Balaban J connectivity index is 1.97. The first-order chi connectivity index (χ1) is 10.2. The molecule has 1 saturated carbocycles. The van der Waals surface area contributed by atoms with Gasteiger partial charge in [-0.05, 0) is 43.6 Å². The molecule has 2 unspecified atom stereocenters. The van der Waals surface area contributed by atoms with Gasteiger partial charge in [0.25, 0.3) is 0 Å². The van der Waals surface area contributed by atoms with Crippen molar-refractivity contribution in [3.63, 3.8) is 0 Å². The first-order valence-corrected chi connectivity index (χ1v) is 9.32. The molecule has 0 N–H and O–H groups in total. The van der Waals surface area contributed by atoms with E-state index in [1.807, 2.05) is 6.20 Å². The van der Waals surface area contributed by atoms with Gasteiger partial charge in [-0.3, -0.25) is 0 Å². The van der Waals surface area contributed by atoms with E-state index in [0.29, 0.717) is 11.9 Å². The normalized spacial score (nSPS) is 22.2. The summed E-state index contributed by atoms with van der Waals surface area (Å²) in [5.74, 6) is 2.92. The van der Waals surface area contributed by atoms with Crippen molar-refractivity contribution in [1.29, 1.82) is 0 Å². The van der Waals surface area contributed by atoms with Crippen LogP contribution in [0.2, 0.25) is 0 Å². The van der Waals surface area contributed by atoms with Gasteiger partial charge in [0.05, 0.1) is 0 Å². The third-order valence-electron chi connectivity index (χ3n) is 4.18. The van der Waals surface area contributed by atoms with Crippen LogP contribution in [0.5, 0.6) is 0 Å². The summed E-state index contributed by atoms with van der Waals surface area (Å²) in [4.78, 5) is 9.44. The minimum Gasteiger partial charge on any atom is -0.310 e. The Morgan fingerprint density at radius 1 is 1.43 bits per heavy atom. The van der Waals surface area contributed by atoms with Gasteiger partial charge >= 0.3 is 0 Å². The smallest absolute Gasteiger partial charge is 0.160 e. The molecule has 1 aliphatic carbocycles. The molecule has 2 aromatic heterocycles. The molecule has 0 bridgehead atoms. The number of hydrogen-bond donors (Lipinski definition) is 0. The zero-order chi connectivity index (χ0) is 14.8. The van der Waals surface area contributed by atoms with Crippen LogP contribution in [0, 0.1) is 6.92 Å². The second-order valence-corrected chi connectivity index (χ2v) is 7.69. The summed E-state index contributed by atoms with van der Waals surface area (Å²) in [5.41, 5.74) is 3.21. The molecule has 3 nitrogen and oxygen atoms in total. The lowest BCUT2D eigenvalue weighted by atomic mass is 10.2. The molecule has 0 aliphatic heterocycles. The van der Waals surface area contributed by atoms with Crippen molar-refractivity contribution >= 4 is 34.5 Å². The van der Waals surface area contributed by atoms with Gasteiger partial charge in [-0.2, -0.15) is 11.8 Å². The second kappa shape index (κ2) is 6.57. The average Bonchev–Trinajstić information content (AvgIpc) is 3.03. The topological polar surface area (TPSA) is 30.7 Å². The summed E-state index contributed by atoms with van der Waals surface area (Å²) >= 11 is 8.06. The molecule has 2 heterocycles. The van der Waals surface area contributed by atoms with Crippen LogP contribution in [-0.4, -0.2) is 31.4 Å². The van der Waals surface area contributed by atoms with E-state index in [2.05, 4.69) is 41.2 Å². The number of hydrogen-bond acceptors (Lipinski definition) is 3. The van der Waals surface area contributed by atoms with Gasteiger partial charge in [-0.1, -0.05) is 6.92 Å². The largest absolute Gasteiger partial charge is 0.310 e. The van der Waals surface area contributed by atoms with Crippen molar-refractivity contribution in [3.05, 3.63) is 23.7 Å². The molecule has 0 amide bonds. The maximum atomic E-state index is 5.97. The lowest BCUT2D eigenvalue weighted by molar-refractivity contribution is 0.511. The van der Waals surface area contributed by atoms with E-state index in [0.717, 1.165) is 34.2 Å². The van der Waals surface area contributed by atoms with Crippen molar-refractivity contribution in [2.24, 2.45) is 0 Å². The number of pyridine rings is 1. The SMILES string of the molecule is CCSC1CCC(n2c(CCCl)nc3cc(C)cnc32)C1. The fourth-order valence-electron chi connectivity index (χ4n) is 3.31. The molecule has 1 fully saturated rings. The van der Waals surface area contributed by atoms with Crippen LogP contribution in [0.15, 0.2) is 12.3 Å². The molecular weight excluding hydrogens is 302 g/mol. The Morgan fingerprint density at radius 3 is 3.05 bits per heavy atom. The molecule has 114 valence electrons. The van der Waals surface area contributed by atoms with E-state index in [-0.39, 0.29) is 0 Å². The van der Waals surface area contributed by atoms with Crippen LogP contribution in [0.1, 0.15) is 43.6 Å². The highest BCUT2D eigenvalue weighted by atomic mass is 35.5. The molecule has 0 aromatic carbocycles. The monoisotopic (exact) mass is 323 g/mol. The number of thioether (sulfide) groups is 1. The third kappa shape index (κ3) is 3.07. The van der Waals surface area contributed by atoms with E-state index in [1.54, 1.807) is 0 Å². The van der Waals surface area contributed by atoms with Crippen molar-refractivity contribution in [1.82, 2.24) is 14.5 Å². The summed E-state index contributed by atoms with van der Waals surface area (Å²) in [6.45, 7) is 4.31. The van der Waals surface area contributed by atoms with Crippen LogP contribution < -0.4 is 0 Å². The molecule has 2 atom stereocenters. The van der Waals surface area contributed by atoms with Gasteiger partial charge in [-0.25, -0.2) is 9.97 Å². The van der Waals surface area contributed by atoms with Crippen molar-refractivity contribution in [2.45, 2.75) is 50.8 Å². The lowest BCUT2D eigenvalue weighted by Gasteiger charge is -2.16. The van der Waals surface area contributed by atoms with E-state index in [1.165, 1.54) is 25.0 Å². The van der Waals surface area contributed by atoms with Gasteiger partial charge < -0.3 is 4.57 Å². The molecule has 2 aromatic rings. The Kier molecular flexibility index (Phi) is 4.75. The number of halogens is 1. The van der Waals surface area contributed by atoms with Crippen molar-refractivity contribution < 1.29 is 0 Å². The Morgan fingerprint density at radius 2 is 2.29 bits per heavy atom. The van der Waals surface area contributed by atoms with Crippen LogP contribution in [0.25, 0.3) is 11.2 Å². The first kappa shape index (κ1) is 15.2. The standard InChI is InChI=1S/C16H22ClN3S/c1-3-21-13-5-4-12(9-13)20-15(6-7-17)19-14-8-11(2)10-18-16(14)20/h8,10,12-13H,3-7,9H2,1-2H3. The summed E-state index contributed by atoms with van der Waals surface area (Å²) in [6, 6.07) is 2.66. The molecule has 21 heavy (non-hydrogen) atoms. The zero-order valence-corrected chi connectivity index (χ0v) is 14.3. The van der Waals surface area contributed by atoms with Crippen molar-refractivity contribution in [3.8, 4) is 0 Å². The van der Waals surface area contributed by atoms with E-state index >= 15 is 0 Å². The molecule has 5 heteroatoms. The first-order valence-electron chi connectivity index (χ1n) is 7.74. The quantitative estimate of drug-likeness (QED) is 0.766. The maximum absolute atomic E-state index is 5.97. The van der Waals surface area contributed by atoms with Gasteiger partial charge in [-0.15, -0.1) is 11.6 Å². The lowest BCUT2D eigenvalue weighted by Crippen LogP contribution is -2.11. The fourth-order valence-corrected chi connectivity index (χ4v) is 4.61. The van der Waals surface area contributed by atoms with E-state index < -0.39 is 0 Å². The summed E-state index contributed by atoms with van der Waals surface area (Å²) in [5, 5.41) is 0.784. The summed E-state index contributed by atoms with van der Waals surface area (Å²) in [7, 11) is 0. The maximum Gasteiger partial charge on any atom is 0.160 e. The Hall–Kier alpha value is -0.740. The molecule has 0 radical (unpaired) electrons. The number of aromatic nitrogens is 3. The Bertz CT molecular complexity index is 625. The number of alkyl halides is 1. The molecule has 0 saturated heterocycles. The van der Waals surface area contributed by atoms with Crippen LogP contribution in [-0.2, 0) is 6.42 Å². The third-order valence-corrected chi connectivity index (χ3v) is 5.60. The number of nitrogens with zero attached hydrogens (tertiary/aromatic N) is 3. The van der Waals surface area contributed by atoms with Crippen LogP contribution in [0.4, 0.5) is 0 Å². The molecular formula is C16H22ClN3S. The van der Waals surface area contributed by atoms with E-state index in [9.17, 15) is 0 Å². The number of aryl methyl sites for hydroxylation is 2. The molecule has 0 spiro atoms. The van der Waals surface area contributed by atoms with Gasteiger partial charge in [0.1, 0.15) is 11.3 Å². The highest BCUT2D eigenvalue weighted by Gasteiger charge is 2.29. The zero-order valence-electron chi connectivity index (χ0n) is 12.7. The van der Waals surface area contributed by atoms with E-state index in [4.69, 9.17) is 16.6 Å². The Labute approximate surface area is 135 Å². The summed E-state index contributed by atoms with van der Waals surface area (Å²) < 4.78 is 2.37. The van der Waals surface area contributed by atoms with Gasteiger partial charge in [0.15, 0.2) is 5.65 Å². The van der Waals surface area contributed by atoms with Crippen LogP contribution in [0.3, 0.4) is 0 Å². The summed E-state index contributed by atoms with van der Waals surface area (Å²) in [6.07, 6.45) is 6.52. The predicted octanol–water partition coefficient (Wildman–Crippen LogP) is 4.37. The minimum absolute atomic E-state index is 0.535. The number of fused-ring (bicyclic) bond motifs is 1. The molecule has 3 rings (SSSR count). The second-order valence-electron chi connectivity index (χ2n) is 5.74. The number of rotatable bonds is 5. The average molecular weight is 324 g/mol. The van der Waals surface area contributed by atoms with Gasteiger partial charge in [0.2, 0.25) is 0 Å². The highest BCUT2D eigenvalue weighted by Crippen LogP contribution is 2.39. The predicted molar refractivity (Wildman–Crippen MR) is 91.5 cm³/mol. The van der Waals surface area contributed by atoms with Gasteiger partial charge in [0, 0.05) is 29.8 Å². The molecule has 1 aliphatic rings. The fraction of sp³-hybridized carbons (Fsp3) is 0.625. The minimum atomic E-state index is 0.535. The van der Waals surface area contributed by atoms with Crippen molar-refractivity contribution in [2.75, 3.05) is 11.6 Å².